The molecule has 84 valence electrons. The van der Waals surface area contributed by atoms with Gasteiger partial charge in [0.2, 0.25) is 0 Å². The maximum atomic E-state index is 5.49. The number of methoxy groups -OCH3 is 1. The number of hydrogen-bond acceptors (Lipinski definition) is 3. The van der Waals surface area contributed by atoms with Crippen molar-refractivity contribution >= 4 is 0 Å². The van der Waals surface area contributed by atoms with Gasteiger partial charge >= 0.3 is 0 Å². The fourth-order valence-electron chi connectivity index (χ4n) is 1.38. The third-order valence-electron chi connectivity index (χ3n) is 2.27. The molecule has 15 heavy (non-hydrogen) atoms. The number of nitrogens with one attached hydrogen (secondary N) is 1. The molecule has 0 radical (unpaired) electrons. The average molecular weight is 209 g/mol. The monoisotopic (exact) mass is 209 g/mol. The molecule has 0 saturated carbocycles. The highest BCUT2D eigenvalue weighted by atomic mass is 16.5. The van der Waals surface area contributed by atoms with Crippen molar-refractivity contribution in [1.29, 1.82) is 0 Å². The molecule has 3 nitrogen and oxygen atoms in total. The Kier molecular flexibility index (Phi) is 6.00. The lowest BCUT2D eigenvalue weighted by molar-refractivity contribution is 0.0596. The zero-order chi connectivity index (χ0) is 10.9. The van der Waals surface area contributed by atoms with Gasteiger partial charge in [0.05, 0.1) is 25.9 Å². The van der Waals surface area contributed by atoms with Crippen molar-refractivity contribution in [2.24, 2.45) is 0 Å². The van der Waals surface area contributed by atoms with Gasteiger partial charge in [-0.15, -0.1) is 0 Å². The molecule has 0 heterocycles. The summed E-state index contributed by atoms with van der Waals surface area (Å²) in [7, 11) is 3.62. The molecule has 0 saturated heterocycles. The van der Waals surface area contributed by atoms with Crippen LogP contribution in [0.25, 0.3) is 0 Å². The lowest BCUT2D eigenvalue weighted by Crippen LogP contribution is -2.22. The van der Waals surface area contributed by atoms with Crippen molar-refractivity contribution in [3.8, 4) is 0 Å². The molecular formula is C12H19NO2. The minimum Gasteiger partial charge on any atom is -0.382 e. The first-order valence-electron chi connectivity index (χ1n) is 5.17. The molecule has 1 rings (SSSR count). The molecule has 0 bridgehead atoms. The third kappa shape index (κ3) is 4.42. The zero-order valence-electron chi connectivity index (χ0n) is 9.40. The van der Waals surface area contributed by atoms with E-state index in [0.29, 0.717) is 19.8 Å². The highest BCUT2D eigenvalue weighted by molar-refractivity contribution is 5.18. The summed E-state index contributed by atoms with van der Waals surface area (Å²) >= 11 is 0. The fourth-order valence-corrected chi connectivity index (χ4v) is 1.38. The lowest BCUT2D eigenvalue weighted by Gasteiger charge is -2.16. The highest BCUT2D eigenvalue weighted by Gasteiger charge is 2.07. The van der Waals surface area contributed by atoms with E-state index in [-0.39, 0.29) is 6.04 Å². The molecule has 0 aromatic heterocycles. The van der Waals surface area contributed by atoms with Crippen LogP contribution < -0.4 is 5.32 Å². The van der Waals surface area contributed by atoms with E-state index in [4.69, 9.17) is 9.47 Å². The first-order chi connectivity index (χ1) is 7.38. The Morgan fingerprint density at radius 1 is 1.20 bits per heavy atom. The van der Waals surface area contributed by atoms with Crippen molar-refractivity contribution in [3.05, 3.63) is 35.9 Å². The first-order valence-corrected chi connectivity index (χ1v) is 5.17. The molecule has 1 N–H and O–H groups in total. The van der Waals surface area contributed by atoms with E-state index in [1.165, 1.54) is 5.56 Å². The van der Waals surface area contributed by atoms with Gasteiger partial charge in [0, 0.05) is 7.11 Å². The van der Waals surface area contributed by atoms with E-state index in [1.807, 2.05) is 25.2 Å². The summed E-state index contributed by atoms with van der Waals surface area (Å²) in [6.07, 6.45) is 0. The Morgan fingerprint density at radius 3 is 2.53 bits per heavy atom. The van der Waals surface area contributed by atoms with Crippen LogP contribution in [0.1, 0.15) is 11.6 Å². The Labute approximate surface area is 91.4 Å². The Hall–Kier alpha value is -0.900. The summed E-state index contributed by atoms with van der Waals surface area (Å²) in [6, 6.07) is 10.5. The SMILES string of the molecule is CNC(COCCOC)c1ccccc1. The normalized spacial score (nSPS) is 12.7. The van der Waals surface area contributed by atoms with Crippen LogP contribution >= 0.6 is 0 Å². The predicted molar refractivity (Wildman–Crippen MR) is 60.9 cm³/mol. The molecule has 1 atom stereocenters. The van der Waals surface area contributed by atoms with Crippen molar-refractivity contribution in [2.45, 2.75) is 6.04 Å². The second-order valence-electron chi connectivity index (χ2n) is 3.32. The van der Waals surface area contributed by atoms with Crippen molar-refractivity contribution in [2.75, 3.05) is 34.0 Å². The van der Waals surface area contributed by atoms with Crippen LogP contribution in [0.3, 0.4) is 0 Å². The van der Waals surface area contributed by atoms with E-state index >= 15 is 0 Å². The molecule has 0 aliphatic rings. The molecule has 1 aromatic rings. The van der Waals surface area contributed by atoms with E-state index in [9.17, 15) is 0 Å². The van der Waals surface area contributed by atoms with Crippen LogP contribution in [-0.2, 0) is 9.47 Å². The third-order valence-corrected chi connectivity index (χ3v) is 2.27. The minimum absolute atomic E-state index is 0.253. The second-order valence-corrected chi connectivity index (χ2v) is 3.32. The molecule has 0 fully saturated rings. The van der Waals surface area contributed by atoms with Gasteiger partial charge in [0.15, 0.2) is 0 Å². The molecule has 1 aromatic carbocycles. The van der Waals surface area contributed by atoms with Gasteiger partial charge < -0.3 is 14.8 Å². The van der Waals surface area contributed by atoms with Gasteiger partial charge in [-0.05, 0) is 12.6 Å². The van der Waals surface area contributed by atoms with Gasteiger partial charge in [-0.1, -0.05) is 30.3 Å². The maximum absolute atomic E-state index is 5.49. The van der Waals surface area contributed by atoms with Gasteiger partial charge in [-0.2, -0.15) is 0 Å². The highest BCUT2D eigenvalue weighted by Crippen LogP contribution is 2.11. The van der Waals surface area contributed by atoms with Crippen LogP contribution in [0.15, 0.2) is 30.3 Å². The second kappa shape index (κ2) is 7.40. The van der Waals surface area contributed by atoms with Crippen LogP contribution in [0.4, 0.5) is 0 Å². The van der Waals surface area contributed by atoms with Crippen LogP contribution in [0.2, 0.25) is 0 Å². The van der Waals surface area contributed by atoms with Gasteiger partial charge in [0.25, 0.3) is 0 Å². The zero-order valence-corrected chi connectivity index (χ0v) is 9.40. The minimum atomic E-state index is 0.253. The molecule has 3 heteroatoms. The summed E-state index contributed by atoms with van der Waals surface area (Å²) < 4.78 is 10.4. The molecule has 0 aliphatic heterocycles. The maximum Gasteiger partial charge on any atom is 0.0701 e. The summed E-state index contributed by atoms with van der Waals surface area (Å²) in [5, 5.41) is 3.23. The smallest absolute Gasteiger partial charge is 0.0701 e. The van der Waals surface area contributed by atoms with E-state index in [0.717, 1.165) is 0 Å². The lowest BCUT2D eigenvalue weighted by atomic mass is 10.1. The first kappa shape index (κ1) is 12.2. The number of hydrogen-bond donors (Lipinski definition) is 1. The van der Waals surface area contributed by atoms with Crippen LogP contribution in [0.5, 0.6) is 0 Å². The predicted octanol–water partition coefficient (Wildman–Crippen LogP) is 1.61. The van der Waals surface area contributed by atoms with Crippen molar-refractivity contribution in [3.63, 3.8) is 0 Å². The molecule has 0 aliphatic carbocycles. The summed E-state index contributed by atoms with van der Waals surface area (Å²) in [6.45, 7) is 1.95. The van der Waals surface area contributed by atoms with E-state index < -0.39 is 0 Å². The number of benzene rings is 1. The topological polar surface area (TPSA) is 30.5 Å². The summed E-state index contributed by atoms with van der Waals surface area (Å²) in [5.41, 5.74) is 1.25. The average Bonchev–Trinajstić information content (AvgIpc) is 2.30. The Morgan fingerprint density at radius 2 is 1.93 bits per heavy atom. The molecule has 0 spiro atoms. The molecule has 1 unspecified atom stereocenters. The van der Waals surface area contributed by atoms with Gasteiger partial charge in [0.1, 0.15) is 0 Å². The number of likely N-dealkylation sites (N-methyl/N-ethyl adjacent to an activating group) is 1. The van der Waals surface area contributed by atoms with E-state index in [2.05, 4.69) is 17.4 Å². The molecule has 0 amide bonds. The largest absolute Gasteiger partial charge is 0.382 e. The van der Waals surface area contributed by atoms with Gasteiger partial charge in [-0.25, -0.2) is 0 Å². The van der Waals surface area contributed by atoms with Crippen molar-refractivity contribution in [1.82, 2.24) is 5.32 Å². The summed E-state index contributed by atoms with van der Waals surface area (Å²) in [4.78, 5) is 0. The molecular weight excluding hydrogens is 190 g/mol. The quantitative estimate of drug-likeness (QED) is 0.692. The Bertz CT molecular complexity index is 251. The van der Waals surface area contributed by atoms with Crippen LogP contribution in [0, 0.1) is 0 Å². The summed E-state index contributed by atoms with van der Waals surface area (Å²) in [5.74, 6) is 0. The van der Waals surface area contributed by atoms with Crippen molar-refractivity contribution < 1.29 is 9.47 Å². The van der Waals surface area contributed by atoms with Gasteiger partial charge in [-0.3, -0.25) is 0 Å². The Balaban J connectivity index is 2.36. The number of ether oxygens (including phenoxy) is 2. The fraction of sp³-hybridized carbons (Fsp3) is 0.500. The standard InChI is InChI=1S/C12H19NO2/c1-13-12(10-15-9-8-14-2)11-6-4-3-5-7-11/h3-7,12-13H,8-10H2,1-2H3. The van der Waals surface area contributed by atoms with E-state index in [1.54, 1.807) is 7.11 Å². The van der Waals surface area contributed by atoms with Crippen LogP contribution in [-0.4, -0.2) is 34.0 Å². The number of rotatable bonds is 7.